The number of benzene rings is 2. The summed E-state index contributed by atoms with van der Waals surface area (Å²) in [6.45, 7) is 0.382. The van der Waals surface area contributed by atoms with Gasteiger partial charge in [0.25, 0.3) is 5.91 Å². The molecule has 3 heterocycles. The SMILES string of the molecule is COC(=O)c1cc(NC(=O)c2cc(-c3ccccc3)nc3c2cnn3Cc2ccncc2)c(F)cc1F. The van der Waals surface area contributed by atoms with Gasteiger partial charge in [0, 0.05) is 24.0 Å². The quantitative estimate of drug-likeness (QED) is 0.335. The summed E-state index contributed by atoms with van der Waals surface area (Å²) in [7, 11) is 1.08. The molecule has 2 aromatic carbocycles. The minimum absolute atomic E-state index is 0.174. The Morgan fingerprint density at radius 1 is 0.973 bits per heavy atom. The average molecular weight is 499 g/mol. The lowest BCUT2D eigenvalue weighted by atomic mass is 10.1. The average Bonchev–Trinajstić information content (AvgIpc) is 3.32. The highest BCUT2D eigenvalue weighted by molar-refractivity contribution is 6.13. The van der Waals surface area contributed by atoms with Crippen molar-refractivity contribution in [3.8, 4) is 11.3 Å². The van der Waals surface area contributed by atoms with Crippen LogP contribution < -0.4 is 5.32 Å². The van der Waals surface area contributed by atoms with Gasteiger partial charge in [-0.05, 0) is 29.8 Å². The lowest BCUT2D eigenvalue weighted by molar-refractivity contribution is 0.0595. The number of nitrogens with one attached hydrogen (secondary N) is 1. The Morgan fingerprint density at radius 2 is 1.73 bits per heavy atom. The minimum atomic E-state index is -1.10. The third-order valence-corrected chi connectivity index (χ3v) is 5.72. The molecule has 5 aromatic rings. The number of rotatable bonds is 6. The van der Waals surface area contributed by atoms with Crippen LogP contribution in [0.15, 0.2) is 79.3 Å². The van der Waals surface area contributed by atoms with E-state index in [1.165, 1.54) is 6.20 Å². The first-order valence-electron chi connectivity index (χ1n) is 11.1. The van der Waals surface area contributed by atoms with Crippen molar-refractivity contribution in [2.75, 3.05) is 12.4 Å². The number of nitrogens with zero attached hydrogens (tertiary/aromatic N) is 4. The topological polar surface area (TPSA) is 99.0 Å². The fourth-order valence-electron chi connectivity index (χ4n) is 3.87. The van der Waals surface area contributed by atoms with Crippen LogP contribution in [0.4, 0.5) is 14.5 Å². The van der Waals surface area contributed by atoms with Gasteiger partial charge >= 0.3 is 5.97 Å². The fourth-order valence-corrected chi connectivity index (χ4v) is 3.87. The molecular formula is C27H19F2N5O3. The van der Waals surface area contributed by atoms with Crippen LogP contribution in [0.5, 0.6) is 0 Å². The Hall–Kier alpha value is -4.99. The van der Waals surface area contributed by atoms with Crippen molar-refractivity contribution in [1.29, 1.82) is 0 Å². The van der Waals surface area contributed by atoms with Crippen LogP contribution in [-0.2, 0) is 11.3 Å². The molecule has 0 spiro atoms. The molecule has 0 radical (unpaired) electrons. The largest absolute Gasteiger partial charge is 0.465 e. The second-order valence-electron chi connectivity index (χ2n) is 8.07. The van der Waals surface area contributed by atoms with E-state index in [1.807, 2.05) is 42.5 Å². The Labute approximate surface area is 209 Å². The molecule has 0 aliphatic heterocycles. The number of amides is 1. The summed E-state index contributed by atoms with van der Waals surface area (Å²) in [5.41, 5.74) is 1.94. The molecule has 1 N–H and O–H groups in total. The van der Waals surface area contributed by atoms with Crippen molar-refractivity contribution in [1.82, 2.24) is 19.7 Å². The highest BCUT2D eigenvalue weighted by Gasteiger charge is 2.21. The monoisotopic (exact) mass is 499 g/mol. The molecule has 184 valence electrons. The molecule has 0 atom stereocenters. The van der Waals surface area contributed by atoms with Crippen LogP contribution in [0.25, 0.3) is 22.3 Å². The summed E-state index contributed by atoms with van der Waals surface area (Å²) >= 11 is 0. The van der Waals surface area contributed by atoms with Gasteiger partial charge < -0.3 is 10.1 Å². The van der Waals surface area contributed by atoms with E-state index in [0.29, 0.717) is 29.3 Å². The van der Waals surface area contributed by atoms with Crippen molar-refractivity contribution in [2.24, 2.45) is 0 Å². The summed E-state index contributed by atoms with van der Waals surface area (Å²) in [5, 5.41) is 7.30. The van der Waals surface area contributed by atoms with Gasteiger partial charge in [-0.15, -0.1) is 0 Å². The molecule has 1 amide bonds. The Balaban J connectivity index is 1.60. The third-order valence-electron chi connectivity index (χ3n) is 5.72. The number of aromatic nitrogens is 4. The second-order valence-corrected chi connectivity index (χ2v) is 8.07. The summed E-state index contributed by atoms with van der Waals surface area (Å²) < 4.78 is 34.8. The van der Waals surface area contributed by atoms with E-state index in [1.54, 1.807) is 23.1 Å². The zero-order chi connectivity index (χ0) is 25.9. The lowest BCUT2D eigenvalue weighted by Crippen LogP contribution is -2.16. The van der Waals surface area contributed by atoms with Crippen LogP contribution in [0.2, 0.25) is 0 Å². The predicted molar refractivity (Wildman–Crippen MR) is 132 cm³/mol. The van der Waals surface area contributed by atoms with Crippen LogP contribution >= 0.6 is 0 Å². The standard InChI is InChI=1S/C27H19F2N5O3/c1-37-27(36)19-12-24(22(29)13-21(19)28)33-26(35)18-11-23(17-5-3-2-4-6-17)32-25-20(18)14-31-34(25)15-16-7-9-30-10-8-16/h2-14H,15H2,1H3,(H,33,35). The number of ether oxygens (including phenoxy) is 1. The van der Waals surface area contributed by atoms with E-state index in [4.69, 9.17) is 4.98 Å². The number of methoxy groups -OCH3 is 1. The predicted octanol–water partition coefficient (Wildman–Crippen LogP) is 4.86. The van der Waals surface area contributed by atoms with Crippen molar-refractivity contribution in [3.63, 3.8) is 0 Å². The van der Waals surface area contributed by atoms with E-state index in [-0.39, 0.29) is 11.3 Å². The molecular weight excluding hydrogens is 480 g/mol. The minimum Gasteiger partial charge on any atom is -0.465 e. The van der Waals surface area contributed by atoms with Gasteiger partial charge in [0.1, 0.15) is 11.6 Å². The molecule has 0 saturated heterocycles. The smallest absolute Gasteiger partial charge is 0.340 e. The Bertz CT molecular complexity index is 1620. The van der Waals surface area contributed by atoms with E-state index in [9.17, 15) is 18.4 Å². The van der Waals surface area contributed by atoms with Gasteiger partial charge in [-0.25, -0.2) is 23.2 Å². The van der Waals surface area contributed by atoms with Gasteiger partial charge in [-0.2, -0.15) is 5.10 Å². The number of carbonyl (C=O) groups is 2. The number of fused-ring (bicyclic) bond motifs is 1. The summed E-state index contributed by atoms with van der Waals surface area (Å²) in [4.78, 5) is 34.0. The first-order valence-corrected chi connectivity index (χ1v) is 11.1. The fraction of sp³-hybridized carbons (Fsp3) is 0.0741. The van der Waals surface area contributed by atoms with Crippen molar-refractivity contribution < 1.29 is 23.1 Å². The number of hydrogen-bond acceptors (Lipinski definition) is 6. The highest BCUT2D eigenvalue weighted by atomic mass is 19.1. The van der Waals surface area contributed by atoms with Gasteiger partial charge in [-0.3, -0.25) is 9.78 Å². The maximum Gasteiger partial charge on any atom is 0.340 e. The van der Waals surface area contributed by atoms with Gasteiger partial charge in [-0.1, -0.05) is 30.3 Å². The molecule has 37 heavy (non-hydrogen) atoms. The number of pyridine rings is 2. The molecule has 10 heteroatoms. The maximum absolute atomic E-state index is 14.5. The van der Waals surface area contributed by atoms with Gasteiger partial charge in [0.15, 0.2) is 5.65 Å². The Morgan fingerprint density at radius 3 is 2.46 bits per heavy atom. The molecule has 0 bridgehead atoms. The summed E-state index contributed by atoms with van der Waals surface area (Å²) in [5.74, 6) is -3.82. The first-order chi connectivity index (χ1) is 17.9. The van der Waals surface area contributed by atoms with E-state index in [0.717, 1.165) is 24.3 Å². The number of anilines is 1. The van der Waals surface area contributed by atoms with Crippen LogP contribution in [0, 0.1) is 11.6 Å². The van der Waals surface area contributed by atoms with Crippen molar-refractivity contribution in [2.45, 2.75) is 6.54 Å². The normalized spacial score (nSPS) is 10.9. The zero-order valence-corrected chi connectivity index (χ0v) is 19.5. The number of hydrogen-bond donors (Lipinski definition) is 1. The van der Waals surface area contributed by atoms with E-state index in [2.05, 4.69) is 20.1 Å². The Kier molecular flexibility index (Phi) is 6.38. The second kappa shape index (κ2) is 9.94. The molecule has 0 aliphatic rings. The number of halogens is 2. The number of carbonyl (C=O) groups excluding carboxylic acids is 2. The maximum atomic E-state index is 14.5. The molecule has 8 nitrogen and oxygen atoms in total. The van der Waals surface area contributed by atoms with E-state index < -0.39 is 29.1 Å². The third kappa shape index (κ3) is 4.76. The summed E-state index contributed by atoms with van der Waals surface area (Å²) in [6, 6.07) is 15.9. The van der Waals surface area contributed by atoms with Crippen LogP contribution in [0.3, 0.4) is 0 Å². The van der Waals surface area contributed by atoms with E-state index >= 15 is 0 Å². The van der Waals surface area contributed by atoms with Crippen molar-refractivity contribution in [3.05, 3.63) is 108 Å². The van der Waals surface area contributed by atoms with Crippen molar-refractivity contribution >= 4 is 28.6 Å². The zero-order valence-electron chi connectivity index (χ0n) is 19.5. The number of esters is 1. The first kappa shape index (κ1) is 23.7. The molecule has 0 unspecified atom stereocenters. The molecule has 5 rings (SSSR count). The van der Waals surface area contributed by atoms with Gasteiger partial charge in [0.2, 0.25) is 0 Å². The molecule has 0 aliphatic carbocycles. The van der Waals surface area contributed by atoms with Crippen LogP contribution in [-0.4, -0.2) is 38.7 Å². The molecule has 0 saturated carbocycles. The highest BCUT2D eigenvalue weighted by Crippen LogP contribution is 2.27. The summed E-state index contributed by atoms with van der Waals surface area (Å²) in [6.07, 6.45) is 4.85. The van der Waals surface area contributed by atoms with Crippen LogP contribution in [0.1, 0.15) is 26.3 Å². The lowest BCUT2D eigenvalue weighted by Gasteiger charge is -2.11. The molecule has 3 aromatic heterocycles. The van der Waals surface area contributed by atoms with Gasteiger partial charge in [0.05, 0.1) is 47.7 Å². The molecule has 0 fully saturated rings.